The maximum absolute atomic E-state index is 7.17. The van der Waals surface area contributed by atoms with Crippen LogP contribution in [0.2, 0.25) is 0 Å². The smallest absolute Gasteiger partial charge is 0.188 e. The van der Waals surface area contributed by atoms with Crippen LogP contribution in [0, 0.1) is 5.41 Å². The summed E-state index contributed by atoms with van der Waals surface area (Å²) in [6.45, 7) is 4.11. The normalized spacial score (nSPS) is 26.5. The summed E-state index contributed by atoms with van der Waals surface area (Å²) in [5.41, 5.74) is 5.31. The van der Waals surface area contributed by atoms with Crippen LogP contribution in [0.3, 0.4) is 0 Å². The van der Waals surface area contributed by atoms with Crippen molar-refractivity contribution in [2.45, 2.75) is 13.0 Å². The van der Waals surface area contributed by atoms with Crippen LogP contribution in [-0.2, 0) is 4.74 Å². The molecule has 0 unspecified atom stereocenters. The van der Waals surface area contributed by atoms with Crippen molar-refractivity contribution in [3.63, 3.8) is 0 Å². The Balaban J connectivity index is 2.47. The van der Waals surface area contributed by atoms with Crippen molar-refractivity contribution in [3.8, 4) is 0 Å². The van der Waals surface area contributed by atoms with Crippen LogP contribution < -0.4 is 5.73 Å². The molecule has 3 N–H and O–H groups in total. The van der Waals surface area contributed by atoms with Crippen molar-refractivity contribution in [3.05, 3.63) is 0 Å². The Labute approximate surface area is 60.5 Å². The minimum Gasteiger partial charge on any atom is -0.377 e. The number of ether oxygens (including phenoxy) is 1. The maximum Gasteiger partial charge on any atom is 0.188 e. The fourth-order valence-corrected chi connectivity index (χ4v) is 1.09. The van der Waals surface area contributed by atoms with E-state index in [0.717, 1.165) is 6.54 Å². The average Bonchev–Trinajstić information content (AvgIpc) is 1.88. The fourth-order valence-electron chi connectivity index (χ4n) is 1.09. The van der Waals surface area contributed by atoms with Crippen molar-refractivity contribution in [2.24, 2.45) is 5.73 Å². The van der Waals surface area contributed by atoms with Gasteiger partial charge in [0.2, 0.25) is 0 Å². The summed E-state index contributed by atoms with van der Waals surface area (Å²) in [4.78, 5) is 1.84. The number of morpholine rings is 1. The molecule has 1 fully saturated rings. The van der Waals surface area contributed by atoms with Gasteiger partial charge in [0.05, 0.1) is 19.3 Å². The molecule has 1 rings (SSSR count). The van der Waals surface area contributed by atoms with Crippen LogP contribution in [0.15, 0.2) is 0 Å². The van der Waals surface area contributed by atoms with Gasteiger partial charge >= 0.3 is 0 Å². The monoisotopic (exact) mass is 143 g/mol. The molecule has 0 aliphatic carbocycles. The van der Waals surface area contributed by atoms with E-state index in [0.29, 0.717) is 13.2 Å². The highest BCUT2D eigenvalue weighted by Crippen LogP contribution is 2.03. The molecule has 1 heterocycles. The third kappa shape index (κ3) is 1.39. The number of guanidine groups is 1. The van der Waals surface area contributed by atoms with E-state index in [1.54, 1.807) is 0 Å². The Kier molecular flexibility index (Phi) is 2.11. The highest BCUT2D eigenvalue weighted by Gasteiger charge is 2.18. The Morgan fingerprint density at radius 3 is 2.90 bits per heavy atom. The van der Waals surface area contributed by atoms with Gasteiger partial charge in [-0.25, -0.2) is 0 Å². The third-order valence-electron chi connectivity index (χ3n) is 1.68. The summed E-state index contributed by atoms with van der Waals surface area (Å²) >= 11 is 0. The van der Waals surface area contributed by atoms with Gasteiger partial charge < -0.3 is 15.4 Å². The molecule has 58 valence electrons. The first-order valence-electron chi connectivity index (χ1n) is 3.40. The highest BCUT2D eigenvalue weighted by atomic mass is 16.5. The average molecular weight is 143 g/mol. The summed E-state index contributed by atoms with van der Waals surface area (Å²) in [5.74, 6) is 0.149. The Hall–Kier alpha value is -0.770. The van der Waals surface area contributed by atoms with Crippen molar-refractivity contribution < 1.29 is 4.74 Å². The highest BCUT2D eigenvalue weighted by molar-refractivity contribution is 5.75. The van der Waals surface area contributed by atoms with E-state index < -0.39 is 0 Å². The van der Waals surface area contributed by atoms with E-state index in [1.807, 2.05) is 11.8 Å². The molecule has 1 aliphatic heterocycles. The minimum atomic E-state index is 0.149. The topological polar surface area (TPSA) is 62.3 Å². The lowest BCUT2D eigenvalue weighted by Crippen LogP contribution is -2.49. The van der Waals surface area contributed by atoms with Crippen molar-refractivity contribution in [1.29, 1.82) is 5.41 Å². The number of hydrogen-bond donors (Lipinski definition) is 2. The molecule has 0 aromatic heterocycles. The molecule has 0 spiro atoms. The standard InChI is InChI=1S/C6H13N3O/c1-5-4-10-3-2-9(5)6(7)8/h5H,2-4H2,1H3,(H3,7,8)/t5-/m0/s1. The van der Waals surface area contributed by atoms with Gasteiger partial charge in [0.25, 0.3) is 0 Å². The number of rotatable bonds is 0. The van der Waals surface area contributed by atoms with Gasteiger partial charge in [-0.05, 0) is 6.92 Å². The summed E-state index contributed by atoms with van der Waals surface area (Å²) in [5, 5.41) is 7.17. The maximum atomic E-state index is 7.17. The Bertz CT molecular complexity index is 137. The lowest BCUT2D eigenvalue weighted by molar-refractivity contribution is 0.0323. The fraction of sp³-hybridized carbons (Fsp3) is 0.833. The van der Waals surface area contributed by atoms with E-state index >= 15 is 0 Å². The molecule has 1 saturated heterocycles. The van der Waals surface area contributed by atoms with Gasteiger partial charge in [0.1, 0.15) is 0 Å². The second-order valence-corrected chi connectivity index (χ2v) is 2.50. The van der Waals surface area contributed by atoms with Crippen LogP contribution >= 0.6 is 0 Å². The van der Waals surface area contributed by atoms with E-state index in [9.17, 15) is 0 Å². The predicted molar refractivity (Wildman–Crippen MR) is 38.9 cm³/mol. The van der Waals surface area contributed by atoms with E-state index in [1.165, 1.54) is 0 Å². The number of nitrogens with zero attached hydrogens (tertiary/aromatic N) is 1. The zero-order valence-electron chi connectivity index (χ0n) is 6.13. The zero-order valence-corrected chi connectivity index (χ0v) is 6.13. The van der Waals surface area contributed by atoms with E-state index in [2.05, 4.69) is 0 Å². The summed E-state index contributed by atoms with van der Waals surface area (Å²) in [6, 6.07) is 0.256. The molecule has 1 atom stereocenters. The van der Waals surface area contributed by atoms with Crippen LogP contribution in [0.25, 0.3) is 0 Å². The van der Waals surface area contributed by atoms with Crippen molar-refractivity contribution in [1.82, 2.24) is 4.90 Å². The second kappa shape index (κ2) is 2.88. The van der Waals surface area contributed by atoms with Crippen molar-refractivity contribution in [2.75, 3.05) is 19.8 Å². The lowest BCUT2D eigenvalue weighted by Gasteiger charge is -2.33. The van der Waals surface area contributed by atoms with Gasteiger partial charge in [-0.15, -0.1) is 0 Å². The van der Waals surface area contributed by atoms with Gasteiger partial charge in [-0.2, -0.15) is 0 Å². The SMILES string of the molecule is C[C@H]1COCCN1C(=N)N. The van der Waals surface area contributed by atoms with E-state index in [4.69, 9.17) is 15.9 Å². The number of hydrogen-bond acceptors (Lipinski definition) is 2. The quantitative estimate of drug-likeness (QED) is 0.358. The molecule has 4 heteroatoms. The molecule has 10 heavy (non-hydrogen) atoms. The predicted octanol–water partition coefficient (Wildman–Crippen LogP) is -0.399. The number of nitrogens with two attached hydrogens (primary N) is 1. The van der Waals surface area contributed by atoms with Crippen LogP contribution in [-0.4, -0.2) is 36.7 Å². The third-order valence-corrected chi connectivity index (χ3v) is 1.68. The molecule has 0 saturated carbocycles. The lowest BCUT2D eigenvalue weighted by atomic mass is 10.3. The molecule has 0 aromatic rings. The molecule has 0 aromatic carbocycles. The molecular weight excluding hydrogens is 130 g/mol. The van der Waals surface area contributed by atoms with Gasteiger partial charge in [-0.1, -0.05) is 0 Å². The molecular formula is C6H13N3O. The number of nitrogens with one attached hydrogen (secondary N) is 1. The molecule has 0 amide bonds. The Morgan fingerprint density at radius 2 is 2.50 bits per heavy atom. The molecule has 4 nitrogen and oxygen atoms in total. The summed E-state index contributed by atoms with van der Waals surface area (Å²) in [7, 11) is 0. The van der Waals surface area contributed by atoms with Crippen LogP contribution in [0.4, 0.5) is 0 Å². The second-order valence-electron chi connectivity index (χ2n) is 2.50. The Morgan fingerprint density at radius 1 is 1.80 bits per heavy atom. The zero-order chi connectivity index (χ0) is 7.56. The first kappa shape index (κ1) is 7.34. The first-order chi connectivity index (χ1) is 4.72. The van der Waals surface area contributed by atoms with Crippen LogP contribution in [0.5, 0.6) is 0 Å². The van der Waals surface area contributed by atoms with Gasteiger partial charge in [0, 0.05) is 6.54 Å². The molecule has 0 radical (unpaired) electrons. The van der Waals surface area contributed by atoms with Crippen LogP contribution in [0.1, 0.15) is 6.92 Å². The van der Waals surface area contributed by atoms with Gasteiger partial charge in [-0.3, -0.25) is 5.41 Å². The molecule has 1 aliphatic rings. The first-order valence-corrected chi connectivity index (χ1v) is 3.40. The largest absolute Gasteiger partial charge is 0.377 e. The summed E-state index contributed by atoms with van der Waals surface area (Å²) < 4.78 is 5.17. The summed E-state index contributed by atoms with van der Waals surface area (Å²) in [6.07, 6.45) is 0. The minimum absolute atomic E-state index is 0.149. The van der Waals surface area contributed by atoms with Gasteiger partial charge in [0.15, 0.2) is 5.96 Å². The van der Waals surface area contributed by atoms with Crippen molar-refractivity contribution >= 4 is 5.96 Å². The molecule has 0 bridgehead atoms. The van der Waals surface area contributed by atoms with E-state index in [-0.39, 0.29) is 12.0 Å².